The van der Waals surface area contributed by atoms with Crippen molar-refractivity contribution < 1.29 is 44.3 Å². The third-order valence-electron chi connectivity index (χ3n) is 3.09. The zero-order valence-electron chi connectivity index (χ0n) is 13.6. The molecule has 0 saturated heterocycles. The van der Waals surface area contributed by atoms with Gasteiger partial charge < -0.3 is 10.8 Å². The van der Waals surface area contributed by atoms with Gasteiger partial charge in [0.15, 0.2) is 0 Å². The largest absolute Gasteiger partial charge is 0.481 e. The summed E-state index contributed by atoms with van der Waals surface area (Å²) >= 11 is 0. The van der Waals surface area contributed by atoms with Gasteiger partial charge in [0.1, 0.15) is 0 Å². The number of primary amides is 1. The first kappa shape index (κ1) is 21.0. The second kappa shape index (κ2) is 10.8. The fourth-order valence-corrected chi connectivity index (χ4v) is 1.94. The topological polar surface area (TPSA) is 166 Å². The molecule has 0 fully saturated rings. The fraction of sp³-hybridized carbons (Fsp3) is 0.333. The van der Waals surface area contributed by atoms with Gasteiger partial charge in [-0.05, 0) is 25.0 Å². The molecule has 26 heavy (non-hydrogen) atoms. The molecule has 0 spiro atoms. The summed E-state index contributed by atoms with van der Waals surface area (Å²) in [5, 5.41) is 16.2. The number of imide groups is 1. The predicted molar refractivity (Wildman–Crippen MR) is 83.4 cm³/mol. The van der Waals surface area contributed by atoms with Crippen LogP contribution in [0.1, 0.15) is 46.4 Å². The first-order valence-electron chi connectivity index (χ1n) is 7.48. The molecule has 0 aromatic heterocycles. The number of nitrogens with two attached hydrogens (primary N) is 1. The van der Waals surface area contributed by atoms with Crippen molar-refractivity contribution in [2.24, 2.45) is 5.73 Å². The van der Waals surface area contributed by atoms with Crippen molar-refractivity contribution in [3.8, 4) is 0 Å². The van der Waals surface area contributed by atoms with Crippen molar-refractivity contribution in [2.75, 3.05) is 6.61 Å². The molecule has 0 radical (unpaired) electrons. The van der Waals surface area contributed by atoms with E-state index >= 15 is 0 Å². The van der Waals surface area contributed by atoms with Gasteiger partial charge >= 0.3 is 12.1 Å². The monoisotopic (exact) mass is 370 g/mol. The van der Waals surface area contributed by atoms with Gasteiger partial charge in [-0.1, -0.05) is 18.6 Å². The van der Waals surface area contributed by atoms with E-state index in [1.165, 1.54) is 0 Å². The summed E-state index contributed by atoms with van der Waals surface area (Å²) in [4.78, 5) is 55.7. The van der Waals surface area contributed by atoms with E-state index in [0.29, 0.717) is 24.3 Å². The lowest BCUT2D eigenvalue weighted by atomic mass is 10.1. The van der Waals surface area contributed by atoms with Crippen LogP contribution >= 0.6 is 0 Å². The lowest BCUT2D eigenvalue weighted by Crippen LogP contribution is -2.30. The molecule has 4 N–H and O–H groups in total. The summed E-state index contributed by atoms with van der Waals surface area (Å²) in [6.45, 7) is 0.174. The molecular formula is C15H18N2O9. The van der Waals surface area contributed by atoms with E-state index in [4.69, 9.17) is 25.0 Å². The smallest absolute Gasteiger partial charge is 0.435 e. The molecule has 3 amide bonds. The number of carbonyl (C=O) groups is 4. The van der Waals surface area contributed by atoms with Crippen molar-refractivity contribution in [1.82, 2.24) is 5.06 Å². The Hall–Kier alpha value is -3.02. The van der Waals surface area contributed by atoms with Crippen LogP contribution < -0.4 is 5.73 Å². The van der Waals surface area contributed by atoms with Gasteiger partial charge in [0, 0.05) is 6.42 Å². The van der Waals surface area contributed by atoms with Gasteiger partial charge in [0.25, 0.3) is 11.8 Å². The number of aliphatic carboxylic acids is 1. The van der Waals surface area contributed by atoms with Gasteiger partial charge in [0.05, 0.1) is 17.7 Å². The van der Waals surface area contributed by atoms with E-state index in [0.717, 1.165) is 0 Å². The Bertz CT molecular complexity index is 627. The van der Waals surface area contributed by atoms with Gasteiger partial charge in [-0.2, -0.15) is 5.26 Å². The van der Waals surface area contributed by atoms with Gasteiger partial charge in [-0.25, -0.2) is 9.68 Å². The highest BCUT2D eigenvalue weighted by Crippen LogP contribution is 2.22. The molecule has 1 aromatic rings. The first-order valence-corrected chi connectivity index (χ1v) is 7.48. The summed E-state index contributed by atoms with van der Waals surface area (Å²) in [6, 6.07) is 6.42. The number of carbonyl (C=O) groups excluding carboxylic acids is 3. The van der Waals surface area contributed by atoms with Crippen LogP contribution in [0.25, 0.3) is 0 Å². The molecular weight excluding hydrogens is 352 g/mol. The minimum atomic E-state index is -1.19. The van der Waals surface area contributed by atoms with Crippen molar-refractivity contribution in [2.45, 2.75) is 25.7 Å². The zero-order valence-corrected chi connectivity index (χ0v) is 13.6. The van der Waals surface area contributed by atoms with Crippen LogP contribution in [0.2, 0.25) is 0 Å². The van der Waals surface area contributed by atoms with Crippen LogP contribution in [-0.2, 0) is 19.6 Å². The lowest BCUT2D eigenvalue weighted by Gasteiger charge is -2.11. The minimum Gasteiger partial charge on any atom is -0.481 e. The van der Waals surface area contributed by atoms with Gasteiger partial charge in [-0.3, -0.25) is 19.3 Å². The molecule has 0 atom stereocenters. The van der Waals surface area contributed by atoms with Crippen LogP contribution in [0, 0.1) is 0 Å². The highest BCUT2D eigenvalue weighted by molar-refractivity contribution is 6.20. The number of rotatable bonds is 8. The maximum Gasteiger partial charge on any atom is 0.435 e. The van der Waals surface area contributed by atoms with Crippen LogP contribution in [0.3, 0.4) is 0 Å². The number of unbranched alkanes of at least 4 members (excludes halogenated alkanes) is 2. The Kier molecular flexibility index (Phi) is 8.70. The number of amides is 3. The Balaban J connectivity index is 0.000000597. The molecule has 1 aliphatic heterocycles. The molecule has 1 heterocycles. The van der Waals surface area contributed by atoms with E-state index in [2.05, 4.69) is 10.6 Å². The van der Waals surface area contributed by atoms with Crippen molar-refractivity contribution in [1.29, 1.82) is 0 Å². The van der Waals surface area contributed by atoms with Crippen LogP contribution in [0.5, 0.6) is 0 Å². The molecule has 11 nitrogen and oxygen atoms in total. The maximum absolute atomic E-state index is 11.9. The molecule has 0 unspecified atom stereocenters. The highest BCUT2D eigenvalue weighted by Gasteiger charge is 2.37. The molecule has 142 valence electrons. The maximum atomic E-state index is 11.9. The number of nitrogens with zero attached hydrogens (tertiary/aromatic N) is 1. The van der Waals surface area contributed by atoms with Crippen molar-refractivity contribution >= 4 is 23.9 Å². The number of carboxylic acid groups (broad SMARTS) is 1. The van der Waals surface area contributed by atoms with E-state index in [1.807, 2.05) is 0 Å². The normalized spacial score (nSPS) is 12.3. The van der Waals surface area contributed by atoms with E-state index in [1.54, 1.807) is 24.3 Å². The molecule has 2 rings (SSSR count). The Morgan fingerprint density at radius 1 is 1.04 bits per heavy atom. The summed E-state index contributed by atoms with van der Waals surface area (Å²) in [5.74, 6) is -1.94. The molecule has 0 aliphatic carbocycles. The SMILES string of the molecule is NC(=O)OO.O=C(O)CCCCCOON1C(=O)c2ccccc2C1=O. The lowest BCUT2D eigenvalue weighted by molar-refractivity contribution is -0.385. The quantitative estimate of drug-likeness (QED) is 0.265. The number of hydroxylamine groups is 2. The molecule has 1 aliphatic rings. The number of hydrogen-bond donors (Lipinski definition) is 3. The summed E-state index contributed by atoms with van der Waals surface area (Å²) < 4.78 is 0. The van der Waals surface area contributed by atoms with Crippen LogP contribution in [-0.4, -0.2) is 45.9 Å². The molecule has 0 saturated carbocycles. The Morgan fingerprint density at radius 3 is 2.04 bits per heavy atom. The summed E-state index contributed by atoms with van der Waals surface area (Å²) in [5.41, 5.74) is 4.75. The molecule has 1 aromatic carbocycles. The average molecular weight is 370 g/mol. The van der Waals surface area contributed by atoms with E-state index in [-0.39, 0.29) is 24.2 Å². The number of fused-ring (bicyclic) bond motifs is 1. The molecule has 11 heteroatoms. The van der Waals surface area contributed by atoms with E-state index < -0.39 is 23.9 Å². The number of benzene rings is 1. The minimum absolute atomic E-state index is 0.110. The fourth-order valence-electron chi connectivity index (χ4n) is 1.94. The van der Waals surface area contributed by atoms with Crippen molar-refractivity contribution in [3.05, 3.63) is 35.4 Å². The van der Waals surface area contributed by atoms with Gasteiger partial charge in [0.2, 0.25) is 0 Å². The second-order valence-corrected chi connectivity index (χ2v) is 4.96. The zero-order chi connectivity index (χ0) is 19.5. The number of carboxylic acids is 1. The van der Waals surface area contributed by atoms with E-state index in [9.17, 15) is 14.4 Å². The Labute approximate surface area is 147 Å². The summed E-state index contributed by atoms with van der Waals surface area (Å²) in [7, 11) is 0. The third-order valence-corrected chi connectivity index (χ3v) is 3.09. The van der Waals surface area contributed by atoms with Crippen LogP contribution in [0.4, 0.5) is 4.79 Å². The third kappa shape index (κ3) is 6.47. The second-order valence-electron chi connectivity index (χ2n) is 4.96. The Morgan fingerprint density at radius 2 is 1.58 bits per heavy atom. The van der Waals surface area contributed by atoms with Gasteiger partial charge in [-0.15, -0.1) is 10.1 Å². The summed E-state index contributed by atoms with van der Waals surface area (Å²) in [6.07, 6.45) is 0.712. The van der Waals surface area contributed by atoms with Crippen LogP contribution in [0.15, 0.2) is 24.3 Å². The van der Waals surface area contributed by atoms with Crippen molar-refractivity contribution in [3.63, 3.8) is 0 Å². The molecule has 0 bridgehead atoms. The standard InChI is InChI=1S/C14H15NO6.CH3NO3/c16-12(17)8-2-1-5-9-20-21-15-13(18)10-6-3-4-7-11(10)14(15)19;2-1(3)5-4/h3-4,6-7H,1-2,5,8-9H2,(H,16,17);4H,(H2,2,3). The average Bonchev–Trinajstić information content (AvgIpc) is 2.86. The predicted octanol–water partition coefficient (Wildman–Crippen LogP) is 1.35. The first-order chi connectivity index (χ1) is 12.4. The highest BCUT2D eigenvalue weighted by atomic mass is 17.3. The number of hydrogen-bond acceptors (Lipinski definition) is 8.